The number of hydrogen-bond donors (Lipinski definition) is 1. The number of ether oxygens (including phenoxy) is 2. The molecule has 1 aromatic rings. The Hall–Kier alpha value is -1.22. The molecule has 0 amide bonds. The maximum Gasteiger partial charge on any atom is 0.126 e. The normalized spacial score (nSPS) is 12.2. The molecule has 0 unspecified atom stereocenters. The average molecular weight is 193 g/mol. The van der Waals surface area contributed by atoms with Crippen molar-refractivity contribution in [2.45, 2.75) is 12.8 Å². The summed E-state index contributed by atoms with van der Waals surface area (Å²) in [6.07, 6.45) is 1.84. The first-order chi connectivity index (χ1) is 6.81. The molecule has 3 nitrogen and oxygen atoms in total. The van der Waals surface area contributed by atoms with E-state index in [1.165, 1.54) is 11.1 Å². The minimum Gasteiger partial charge on any atom is -0.496 e. The van der Waals surface area contributed by atoms with Gasteiger partial charge in [0.1, 0.15) is 11.5 Å². The number of methoxy groups -OCH3 is 2. The molecule has 1 aliphatic rings. The highest BCUT2D eigenvalue weighted by Crippen LogP contribution is 2.45. The van der Waals surface area contributed by atoms with Crippen molar-refractivity contribution >= 4 is 0 Å². The summed E-state index contributed by atoms with van der Waals surface area (Å²) >= 11 is 0. The predicted octanol–water partition coefficient (Wildman–Crippen LogP) is 1.11. The van der Waals surface area contributed by atoms with Gasteiger partial charge < -0.3 is 15.2 Å². The number of nitrogens with two attached hydrogens (primary N) is 1. The maximum atomic E-state index is 5.55. The Labute approximate surface area is 83.8 Å². The lowest BCUT2D eigenvalue weighted by atomic mass is 10.1. The number of fused-ring (bicyclic) bond motifs is 1. The Balaban J connectivity index is 2.42. The van der Waals surface area contributed by atoms with E-state index >= 15 is 0 Å². The van der Waals surface area contributed by atoms with Crippen LogP contribution in [0.5, 0.6) is 11.5 Å². The monoisotopic (exact) mass is 193 g/mol. The third-order valence-corrected chi connectivity index (χ3v) is 2.60. The molecule has 0 heterocycles. The van der Waals surface area contributed by atoms with Crippen molar-refractivity contribution in [3.05, 3.63) is 22.8 Å². The van der Waals surface area contributed by atoms with E-state index in [-0.39, 0.29) is 0 Å². The van der Waals surface area contributed by atoms with Crippen LogP contribution in [0.4, 0.5) is 0 Å². The second-order valence-corrected chi connectivity index (χ2v) is 3.44. The first-order valence-electron chi connectivity index (χ1n) is 4.77. The van der Waals surface area contributed by atoms with Crippen molar-refractivity contribution in [3.8, 4) is 11.5 Å². The molecular weight excluding hydrogens is 178 g/mol. The zero-order valence-electron chi connectivity index (χ0n) is 8.59. The Morgan fingerprint density at radius 1 is 1.29 bits per heavy atom. The van der Waals surface area contributed by atoms with Crippen LogP contribution in [-0.4, -0.2) is 20.8 Å². The fourth-order valence-corrected chi connectivity index (χ4v) is 1.87. The van der Waals surface area contributed by atoms with Crippen molar-refractivity contribution < 1.29 is 9.47 Å². The molecule has 0 atom stereocenters. The van der Waals surface area contributed by atoms with E-state index in [1.54, 1.807) is 14.2 Å². The van der Waals surface area contributed by atoms with Gasteiger partial charge in [-0.25, -0.2) is 0 Å². The van der Waals surface area contributed by atoms with Crippen molar-refractivity contribution in [1.29, 1.82) is 0 Å². The Kier molecular flexibility index (Phi) is 2.33. The van der Waals surface area contributed by atoms with Gasteiger partial charge in [-0.1, -0.05) is 0 Å². The van der Waals surface area contributed by atoms with E-state index in [0.29, 0.717) is 6.54 Å². The summed E-state index contributed by atoms with van der Waals surface area (Å²) in [5, 5.41) is 0. The van der Waals surface area contributed by atoms with E-state index in [1.807, 2.05) is 6.07 Å². The van der Waals surface area contributed by atoms with E-state index in [2.05, 4.69) is 0 Å². The average Bonchev–Trinajstić information content (AvgIpc) is 2.96. The summed E-state index contributed by atoms with van der Waals surface area (Å²) in [6.45, 7) is 0.637. The number of hydrogen-bond acceptors (Lipinski definition) is 3. The minimum absolute atomic E-state index is 0.637. The lowest BCUT2D eigenvalue weighted by Crippen LogP contribution is -2.04. The third-order valence-electron chi connectivity index (χ3n) is 2.60. The molecule has 1 aromatic carbocycles. The van der Waals surface area contributed by atoms with Crippen LogP contribution in [0.15, 0.2) is 6.07 Å². The van der Waals surface area contributed by atoms with Crippen molar-refractivity contribution in [2.24, 2.45) is 5.73 Å². The molecule has 14 heavy (non-hydrogen) atoms. The quantitative estimate of drug-likeness (QED) is 0.791. The summed E-state index contributed by atoms with van der Waals surface area (Å²) < 4.78 is 10.7. The van der Waals surface area contributed by atoms with Gasteiger partial charge in [0.05, 0.1) is 14.2 Å². The van der Waals surface area contributed by atoms with Gasteiger partial charge >= 0.3 is 0 Å². The Morgan fingerprint density at radius 2 is 2.07 bits per heavy atom. The molecule has 0 fully saturated rings. The second-order valence-electron chi connectivity index (χ2n) is 3.44. The molecule has 0 aliphatic heterocycles. The highest BCUT2D eigenvalue weighted by molar-refractivity contribution is 5.65. The molecule has 0 radical (unpaired) electrons. The molecule has 0 saturated heterocycles. The van der Waals surface area contributed by atoms with E-state index in [4.69, 9.17) is 15.2 Å². The summed E-state index contributed by atoms with van der Waals surface area (Å²) in [4.78, 5) is 0. The van der Waals surface area contributed by atoms with Crippen LogP contribution >= 0.6 is 0 Å². The smallest absolute Gasteiger partial charge is 0.126 e. The molecular formula is C11H15NO2. The topological polar surface area (TPSA) is 44.5 Å². The van der Waals surface area contributed by atoms with Gasteiger partial charge in [-0.3, -0.25) is 0 Å². The molecule has 0 bridgehead atoms. The molecule has 3 heteroatoms. The van der Waals surface area contributed by atoms with Gasteiger partial charge in [0, 0.05) is 17.5 Å². The molecule has 1 aliphatic carbocycles. The van der Waals surface area contributed by atoms with E-state index < -0.39 is 0 Å². The zero-order chi connectivity index (χ0) is 10.1. The third kappa shape index (κ3) is 1.34. The second kappa shape index (κ2) is 3.50. The fraction of sp³-hybridized carbons (Fsp3) is 0.455. The van der Waals surface area contributed by atoms with Crippen LogP contribution in [0.2, 0.25) is 0 Å². The van der Waals surface area contributed by atoms with Crippen molar-refractivity contribution in [3.63, 3.8) is 0 Å². The standard InChI is InChI=1S/C11H15NO2/c1-13-10-5-7(3-4-12)11(14-2)9-6-8(9)10/h5H,3-4,6,12H2,1-2H3. The number of rotatable bonds is 4. The van der Waals surface area contributed by atoms with Crippen molar-refractivity contribution in [2.75, 3.05) is 20.8 Å². The highest BCUT2D eigenvalue weighted by Gasteiger charge is 2.29. The lowest BCUT2D eigenvalue weighted by Gasteiger charge is -2.08. The van der Waals surface area contributed by atoms with Gasteiger partial charge in [0.15, 0.2) is 0 Å². The highest BCUT2D eigenvalue weighted by atomic mass is 16.5. The zero-order valence-corrected chi connectivity index (χ0v) is 8.59. The van der Waals surface area contributed by atoms with Crippen LogP contribution in [0.1, 0.15) is 16.7 Å². The SMILES string of the molecule is COc1cc(CCN)c(OC)c2c1C2. The molecule has 0 aromatic heterocycles. The predicted molar refractivity (Wildman–Crippen MR) is 55.1 cm³/mol. The van der Waals surface area contributed by atoms with Crippen LogP contribution < -0.4 is 15.2 Å². The summed E-state index contributed by atoms with van der Waals surface area (Å²) in [5.74, 6) is 1.98. The largest absolute Gasteiger partial charge is 0.496 e. The van der Waals surface area contributed by atoms with Crippen LogP contribution in [0.3, 0.4) is 0 Å². The van der Waals surface area contributed by atoms with Gasteiger partial charge in [-0.05, 0) is 24.6 Å². The van der Waals surface area contributed by atoms with Gasteiger partial charge in [0.2, 0.25) is 0 Å². The van der Waals surface area contributed by atoms with Gasteiger partial charge in [-0.15, -0.1) is 0 Å². The molecule has 2 rings (SSSR count). The van der Waals surface area contributed by atoms with Gasteiger partial charge in [0.25, 0.3) is 0 Å². The first-order valence-corrected chi connectivity index (χ1v) is 4.77. The molecule has 76 valence electrons. The lowest BCUT2D eigenvalue weighted by molar-refractivity contribution is 0.401. The van der Waals surface area contributed by atoms with Crippen molar-refractivity contribution in [1.82, 2.24) is 0 Å². The molecule has 2 N–H and O–H groups in total. The summed E-state index contributed by atoms with van der Waals surface area (Å²) in [7, 11) is 3.41. The minimum atomic E-state index is 0.637. The fourth-order valence-electron chi connectivity index (χ4n) is 1.87. The Bertz CT molecular complexity index is 361. The Morgan fingerprint density at radius 3 is 2.64 bits per heavy atom. The summed E-state index contributed by atoms with van der Waals surface area (Å²) in [6, 6.07) is 2.04. The van der Waals surface area contributed by atoms with Crippen LogP contribution in [0, 0.1) is 0 Å². The summed E-state index contributed by atoms with van der Waals surface area (Å²) in [5.41, 5.74) is 9.27. The van der Waals surface area contributed by atoms with Crippen LogP contribution in [-0.2, 0) is 12.8 Å². The molecule has 0 saturated carbocycles. The molecule has 0 spiro atoms. The van der Waals surface area contributed by atoms with Crippen LogP contribution in [0.25, 0.3) is 0 Å². The first kappa shape index (κ1) is 9.34. The van der Waals surface area contributed by atoms with Gasteiger partial charge in [-0.2, -0.15) is 0 Å². The van der Waals surface area contributed by atoms with E-state index in [0.717, 1.165) is 29.9 Å². The maximum absolute atomic E-state index is 5.55. The van der Waals surface area contributed by atoms with E-state index in [9.17, 15) is 0 Å². The number of benzene rings is 1.